The lowest BCUT2D eigenvalue weighted by molar-refractivity contribution is 0.00578. The molecule has 0 aliphatic carbocycles. The summed E-state index contributed by atoms with van der Waals surface area (Å²) in [5, 5.41) is 0. The Morgan fingerprint density at radius 3 is 2.50 bits per heavy atom. The van der Waals surface area contributed by atoms with Gasteiger partial charge in [-0.2, -0.15) is 0 Å². The van der Waals surface area contributed by atoms with E-state index in [9.17, 15) is 0 Å². The molecule has 0 atom stereocenters. The first-order chi connectivity index (χ1) is 9.34. The molecule has 0 radical (unpaired) electrons. The predicted octanol–water partition coefficient (Wildman–Crippen LogP) is 2.23. The highest BCUT2D eigenvalue weighted by molar-refractivity contribution is 6.52. The largest absolute Gasteiger partial charge is 0.487 e. The molecular formula is C15H23BN2O2. The van der Waals surface area contributed by atoms with Crippen LogP contribution in [0, 0.1) is 0 Å². The fraction of sp³-hybridized carbons (Fsp3) is 0.533. The van der Waals surface area contributed by atoms with Crippen molar-refractivity contribution in [1.82, 2.24) is 4.98 Å². The molecule has 0 saturated carbocycles. The zero-order chi connectivity index (χ0) is 14.8. The van der Waals surface area contributed by atoms with Crippen LogP contribution in [0.15, 0.2) is 24.3 Å². The van der Waals surface area contributed by atoms with Crippen molar-refractivity contribution < 1.29 is 9.31 Å². The molecule has 0 bridgehead atoms. The second-order valence-corrected chi connectivity index (χ2v) is 6.11. The van der Waals surface area contributed by atoms with Gasteiger partial charge in [-0.1, -0.05) is 5.98 Å². The minimum absolute atomic E-state index is 0.309. The van der Waals surface area contributed by atoms with E-state index in [-0.39, 0.29) is 18.3 Å². The van der Waals surface area contributed by atoms with Crippen molar-refractivity contribution in [2.75, 3.05) is 6.54 Å². The number of nitrogens with zero attached hydrogens (tertiary/aromatic N) is 1. The van der Waals surface area contributed by atoms with Gasteiger partial charge in [0.1, 0.15) is 0 Å². The normalized spacial score (nSPS) is 20.8. The molecular weight excluding hydrogens is 251 g/mol. The van der Waals surface area contributed by atoms with E-state index >= 15 is 0 Å². The van der Waals surface area contributed by atoms with Crippen molar-refractivity contribution in [3.8, 4) is 0 Å². The standard InChI is InChI=1S/C15H23BN2O2/c1-14(2)15(3,4)20-16(19-14)8-5-13-11-12(6-9-17)7-10-18-13/h5,7-8,10-11H,6,9,17H2,1-4H3/b8-5+. The molecule has 1 aromatic rings. The maximum absolute atomic E-state index is 5.91. The first-order valence-electron chi connectivity index (χ1n) is 7.03. The van der Waals surface area contributed by atoms with Gasteiger partial charge in [0.2, 0.25) is 0 Å². The Kier molecular flexibility index (Phi) is 4.32. The predicted molar refractivity (Wildman–Crippen MR) is 82.1 cm³/mol. The summed E-state index contributed by atoms with van der Waals surface area (Å²) in [6, 6.07) is 4.02. The zero-order valence-electron chi connectivity index (χ0n) is 12.7. The molecule has 1 aromatic heterocycles. The van der Waals surface area contributed by atoms with E-state index in [2.05, 4.69) is 4.98 Å². The lowest BCUT2D eigenvalue weighted by Crippen LogP contribution is -2.41. The highest BCUT2D eigenvalue weighted by Crippen LogP contribution is 2.36. The monoisotopic (exact) mass is 274 g/mol. The van der Waals surface area contributed by atoms with Gasteiger partial charge in [-0.25, -0.2) is 0 Å². The first-order valence-corrected chi connectivity index (χ1v) is 7.03. The zero-order valence-corrected chi connectivity index (χ0v) is 12.7. The topological polar surface area (TPSA) is 57.4 Å². The molecule has 2 rings (SSSR count). The second-order valence-electron chi connectivity index (χ2n) is 6.11. The summed E-state index contributed by atoms with van der Waals surface area (Å²) >= 11 is 0. The molecule has 5 heteroatoms. The van der Waals surface area contributed by atoms with Crippen LogP contribution in [0.25, 0.3) is 6.08 Å². The minimum atomic E-state index is -0.333. The lowest BCUT2D eigenvalue weighted by Gasteiger charge is -2.32. The summed E-state index contributed by atoms with van der Waals surface area (Å²) in [6.45, 7) is 8.81. The summed E-state index contributed by atoms with van der Waals surface area (Å²) in [5.41, 5.74) is 7.03. The Labute approximate surface area is 121 Å². The van der Waals surface area contributed by atoms with Crippen LogP contribution in [0.1, 0.15) is 39.0 Å². The third kappa shape index (κ3) is 3.29. The average molecular weight is 274 g/mol. The van der Waals surface area contributed by atoms with Crippen LogP contribution in [0.5, 0.6) is 0 Å². The minimum Gasteiger partial charge on any atom is -0.400 e. The van der Waals surface area contributed by atoms with Crippen molar-refractivity contribution in [1.29, 1.82) is 0 Å². The molecule has 1 aliphatic rings. The smallest absolute Gasteiger partial charge is 0.400 e. The van der Waals surface area contributed by atoms with E-state index < -0.39 is 0 Å². The van der Waals surface area contributed by atoms with Crippen molar-refractivity contribution in [2.45, 2.75) is 45.3 Å². The third-order valence-corrected chi connectivity index (χ3v) is 3.97. The van der Waals surface area contributed by atoms with Crippen molar-refractivity contribution in [3.63, 3.8) is 0 Å². The summed E-state index contributed by atoms with van der Waals surface area (Å²) in [6.07, 6.45) is 4.59. The molecule has 1 aliphatic heterocycles. The van der Waals surface area contributed by atoms with Gasteiger partial charge in [-0.05, 0) is 64.4 Å². The Hall–Kier alpha value is -1.17. The molecule has 4 nitrogen and oxygen atoms in total. The third-order valence-electron chi connectivity index (χ3n) is 3.97. The fourth-order valence-electron chi connectivity index (χ4n) is 2.05. The van der Waals surface area contributed by atoms with Crippen molar-refractivity contribution in [3.05, 3.63) is 35.6 Å². The van der Waals surface area contributed by atoms with Gasteiger partial charge >= 0.3 is 7.12 Å². The van der Waals surface area contributed by atoms with Crippen LogP contribution in [-0.2, 0) is 15.7 Å². The van der Waals surface area contributed by atoms with Gasteiger partial charge in [0, 0.05) is 6.20 Å². The molecule has 1 fully saturated rings. The molecule has 2 N–H and O–H groups in total. The van der Waals surface area contributed by atoms with E-state index in [0.29, 0.717) is 6.54 Å². The Balaban J connectivity index is 2.06. The van der Waals surface area contributed by atoms with Crippen LogP contribution in [0.4, 0.5) is 0 Å². The van der Waals surface area contributed by atoms with Gasteiger partial charge < -0.3 is 15.0 Å². The fourth-order valence-corrected chi connectivity index (χ4v) is 2.05. The number of rotatable bonds is 4. The second kappa shape index (κ2) is 5.68. The summed E-state index contributed by atoms with van der Waals surface area (Å²) in [7, 11) is -0.333. The van der Waals surface area contributed by atoms with Crippen LogP contribution in [-0.4, -0.2) is 29.8 Å². The number of pyridine rings is 1. The highest BCUT2D eigenvalue weighted by Gasteiger charge is 2.49. The Morgan fingerprint density at radius 2 is 1.90 bits per heavy atom. The molecule has 0 unspecified atom stereocenters. The van der Waals surface area contributed by atoms with E-state index in [0.717, 1.165) is 12.1 Å². The Morgan fingerprint density at radius 1 is 1.25 bits per heavy atom. The van der Waals surface area contributed by atoms with Crippen LogP contribution >= 0.6 is 0 Å². The van der Waals surface area contributed by atoms with E-state index in [1.54, 1.807) is 6.20 Å². The number of hydrogen-bond acceptors (Lipinski definition) is 4. The van der Waals surface area contributed by atoms with Gasteiger partial charge in [0.05, 0.1) is 16.9 Å². The Bertz CT molecular complexity index is 484. The van der Waals surface area contributed by atoms with E-state index in [1.807, 2.05) is 51.9 Å². The molecule has 108 valence electrons. The van der Waals surface area contributed by atoms with Gasteiger partial charge in [0.25, 0.3) is 0 Å². The van der Waals surface area contributed by atoms with Crippen LogP contribution in [0.2, 0.25) is 0 Å². The van der Waals surface area contributed by atoms with Gasteiger partial charge in [0.15, 0.2) is 0 Å². The van der Waals surface area contributed by atoms with Crippen LogP contribution < -0.4 is 5.73 Å². The maximum Gasteiger partial charge on any atom is 0.487 e. The molecule has 0 spiro atoms. The van der Waals surface area contributed by atoms with E-state index in [1.165, 1.54) is 5.56 Å². The number of aromatic nitrogens is 1. The summed E-state index contributed by atoms with van der Waals surface area (Å²) in [4.78, 5) is 4.32. The summed E-state index contributed by atoms with van der Waals surface area (Å²) < 4.78 is 11.8. The molecule has 0 amide bonds. The van der Waals surface area contributed by atoms with E-state index in [4.69, 9.17) is 15.0 Å². The van der Waals surface area contributed by atoms with Crippen molar-refractivity contribution in [2.24, 2.45) is 5.73 Å². The molecule has 1 saturated heterocycles. The SMILES string of the molecule is CC1(C)OB(/C=C/c2cc(CCN)ccn2)OC1(C)C. The molecule has 0 aromatic carbocycles. The molecule has 2 heterocycles. The average Bonchev–Trinajstić information content (AvgIpc) is 2.56. The summed E-state index contributed by atoms with van der Waals surface area (Å²) in [5.74, 6) is 1.91. The van der Waals surface area contributed by atoms with Gasteiger partial charge in [-0.3, -0.25) is 4.98 Å². The number of nitrogens with two attached hydrogens (primary N) is 1. The van der Waals surface area contributed by atoms with Gasteiger partial charge in [-0.15, -0.1) is 0 Å². The highest BCUT2D eigenvalue weighted by atomic mass is 16.7. The van der Waals surface area contributed by atoms with Crippen molar-refractivity contribution >= 4 is 13.2 Å². The number of hydrogen-bond donors (Lipinski definition) is 1. The lowest BCUT2D eigenvalue weighted by atomic mass is 9.89. The molecule has 20 heavy (non-hydrogen) atoms. The first kappa shape index (κ1) is 15.2. The van der Waals surface area contributed by atoms with Crippen LogP contribution in [0.3, 0.4) is 0 Å². The maximum atomic E-state index is 5.91. The quantitative estimate of drug-likeness (QED) is 0.855.